The third-order valence-electron chi connectivity index (χ3n) is 4.05. The Labute approximate surface area is 134 Å². The van der Waals surface area contributed by atoms with E-state index in [1.165, 1.54) is 16.7 Å². The second kappa shape index (κ2) is 7.40. The minimum Gasteiger partial charge on any atom is -0.300 e. The summed E-state index contributed by atoms with van der Waals surface area (Å²) < 4.78 is 0. The van der Waals surface area contributed by atoms with E-state index in [0.717, 1.165) is 12.8 Å². The second-order valence-corrected chi connectivity index (χ2v) is 6.97. The molecule has 2 rings (SSSR count). The van der Waals surface area contributed by atoms with Crippen molar-refractivity contribution < 1.29 is 4.79 Å². The van der Waals surface area contributed by atoms with Gasteiger partial charge in [0.25, 0.3) is 0 Å². The highest BCUT2D eigenvalue weighted by Crippen LogP contribution is 2.22. The third-order valence-corrected chi connectivity index (χ3v) is 4.05. The fourth-order valence-corrected chi connectivity index (χ4v) is 2.51. The Kier molecular flexibility index (Phi) is 5.54. The molecule has 0 spiro atoms. The molecule has 22 heavy (non-hydrogen) atoms. The Morgan fingerprint density at radius 2 is 1.27 bits per heavy atom. The molecule has 0 bridgehead atoms. The molecule has 2 aromatic rings. The molecule has 116 valence electrons. The van der Waals surface area contributed by atoms with Gasteiger partial charge < -0.3 is 0 Å². The van der Waals surface area contributed by atoms with Crippen LogP contribution in [0.2, 0.25) is 0 Å². The third kappa shape index (κ3) is 5.14. The van der Waals surface area contributed by atoms with E-state index >= 15 is 0 Å². The molecule has 0 unspecified atom stereocenters. The van der Waals surface area contributed by atoms with Crippen molar-refractivity contribution in [3.63, 3.8) is 0 Å². The van der Waals surface area contributed by atoms with Crippen LogP contribution in [0.4, 0.5) is 0 Å². The van der Waals surface area contributed by atoms with Gasteiger partial charge in [0, 0.05) is 12.8 Å². The van der Waals surface area contributed by atoms with Crippen LogP contribution in [0.15, 0.2) is 54.6 Å². The molecule has 0 saturated carbocycles. The minimum atomic E-state index is 0.185. The largest absolute Gasteiger partial charge is 0.300 e. The molecule has 0 aliphatic rings. The summed E-state index contributed by atoms with van der Waals surface area (Å²) in [5.74, 6) is 0.351. The Morgan fingerprint density at radius 3 is 1.77 bits per heavy atom. The van der Waals surface area contributed by atoms with Crippen LogP contribution in [0, 0.1) is 0 Å². The van der Waals surface area contributed by atoms with Crippen LogP contribution in [0.5, 0.6) is 0 Å². The second-order valence-electron chi connectivity index (χ2n) is 6.97. The molecule has 2 aromatic carbocycles. The van der Waals surface area contributed by atoms with Crippen LogP contribution in [0.3, 0.4) is 0 Å². The van der Waals surface area contributed by atoms with Crippen LogP contribution >= 0.6 is 0 Å². The first-order valence-electron chi connectivity index (χ1n) is 8.10. The number of carbonyl (C=O) groups is 1. The topological polar surface area (TPSA) is 17.1 Å². The molecular formula is C21H26O. The maximum Gasteiger partial charge on any atom is 0.133 e. The van der Waals surface area contributed by atoms with E-state index in [9.17, 15) is 4.79 Å². The Balaban J connectivity index is 1.79. The molecule has 0 aromatic heterocycles. The van der Waals surface area contributed by atoms with Crippen molar-refractivity contribution in [2.45, 2.75) is 51.9 Å². The van der Waals surface area contributed by atoms with Gasteiger partial charge in [-0.15, -0.1) is 0 Å². The molecule has 0 fully saturated rings. The molecule has 0 saturated heterocycles. The van der Waals surface area contributed by atoms with Gasteiger partial charge in [0.15, 0.2) is 0 Å². The summed E-state index contributed by atoms with van der Waals surface area (Å²) in [5.41, 5.74) is 4.02. The Hall–Kier alpha value is -1.89. The minimum absolute atomic E-state index is 0.185. The van der Waals surface area contributed by atoms with Crippen LogP contribution < -0.4 is 0 Å². The average molecular weight is 294 g/mol. The number of carbonyl (C=O) groups excluding carboxylic acids is 1. The van der Waals surface area contributed by atoms with Crippen LogP contribution in [0.1, 0.15) is 50.3 Å². The summed E-state index contributed by atoms with van der Waals surface area (Å²) in [5, 5.41) is 0. The van der Waals surface area contributed by atoms with Gasteiger partial charge in [-0.3, -0.25) is 4.79 Å². The highest BCUT2D eigenvalue weighted by molar-refractivity contribution is 5.78. The van der Waals surface area contributed by atoms with E-state index in [0.29, 0.717) is 18.6 Å². The number of ketones is 1. The van der Waals surface area contributed by atoms with Crippen molar-refractivity contribution in [1.82, 2.24) is 0 Å². The van der Waals surface area contributed by atoms with Crippen molar-refractivity contribution in [3.8, 4) is 0 Å². The lowest BCUT2D eigenvalue weighted by Gasteiger charge is -2.19. The Bertz CT molecular complexity index is 588. The maximum absolute atomic E-state index is 12.0. The zero-order valence-corrected chi connectivity index (χ0v) is 13.9. The lowest BCUT2D eigenvalue weighted by Crippen LogP contribution is -2.10. The van der Waals surface area contributed by atoms with E-state index in [1.54, 1.807) is 0 Å². The normalized spacial score (nSPS) is 11.4. The smallest absolute Gasteiger partial charge is 0.133 e. The predicted molar refractivity (Wildman–Crippen MR) is 93.2 cm³/mol. The van der Waals surface area contributed by atoms with E-state index in [2.05, 4.69) is 57.2 Å². The van der Waals surface area contributed by atoms with Gasteiger partial charge in [-0.05, 0) is 34.9 Å². The average Bonchev–Trinajstić information content (AvgIpc) is 2.51. The zero-order valence-electron chi connectivity index (χ0n) is 13.9. The van der Waals surface area contributed by atoms with Gasteiger partial charge >= 0.3 is 0 Å². The molecule has 1 nitrogen and oxygen atoms in total. The van der Waals surface area contributed by atoms with Gasteiger partial charge in [0.05, 0.1) is 0 Å². The molecule has 0 atom stereocenters. The SMILES string of the molecule is CC(C)(C)c1ccc(CCC(=O)CCc2ccccc2)cc1. The maximum atomic E-state index is 12.0. The molecule has 0 aliphatic carbocycles. The van der Waals surface area contributed by atoms with E-state index in [1.807, 2.05) is 18.2 Å². The zero-order chi connectivity index (χ0) is 16.0. The van der Waals surface area contributed by atoms with Crippen molar-refractivity contribution in [3.05, 3.63) is 71.3 Å². The van der Waals surface area contributed by atoms with Crippen LogP contribution in [-0.2, 0) is 23.1 Å². The van der Waals surface area contributed by atoms with Gasteiger partial charge in [-0.25, -0.2) is 0 Å². The van der Waals surface area contributed by atoms with Gasteiger partial charge in [0.1, 0.15) is 5.78 Å². The Morgan fingerprint density at radius 1 is 0.773 bits per heavy atom. The highest BCUT2D eigenvalue weighted by Gasteiger charge is 2.12. The summed E-state index contributed by atoms with van der Waals surface area (Å²) in [6.45, 7) is 6.65. The van der Waals surface area contributed by atoms with Crippen LogP contribution in [0.25, 0.3) is 0 Å². The fourth-order valence-electron chi connectivity index (χ4n) is 2.51. The summed E-state index contributed by atoms with van der Waals surface area (Å²) in [6, 6.07) is 18.9. The molecular weight excluding hydrogens is 268 g/mol. The number of Topliss-reactive ketones (excluding diaryl/α,β-unsaturated/α-hetero) is 1. The van der Waals surface area contributed by atoms with Crippen molar-refractivity contribution in [2.24, 2.45) is 0 Å². The van der Waals surface area contributed by atoms with E-state index in [4.69, 9.17) is 0 Å². The first kappa shape index (κ1) is 16.5. The lowest BCUT2D eigenvalue weighted by atomic mass is 9.86. The first-order valence-corrected chi connectivity index (χ1v) is 8.10. The molecule has 1 heteroatoms. The van der Waals surface area contributed by atoms with Gasteiger partial charge in [0.2, 0.25) is 0 Å². The number of hydrogen-bond acceptors (Lipinski definition) is 1. The number of benzene rings is 2. The molecule has 0 heterocycles. The number of aryl methyl sites for hydroxylation is 2. The van der Waals surface area contributed by atoms with E-state index in [-0.39, 0.29) is 5.41 Å². The van der Waals surface area contributed by atoms with Gasteiger partial charge in [-0.1, -0.05) is 75.4 Å². The molecule has 0 aliphatic heterocycles. The summed E-state index contributed by atoms with van der Waals surface area (Å²) in [4.78, 5) is 12.0. The van der Waals surface area contributed by atoms with E-state index < -0.39 is 0 Å². The summed E-state index contributed by atoms with van der Waals surface area (Å²) >= 11 is 0. The molecule has 0 N–H and O–H groups in total. The van der Waals surface area contributed by atoms with Crippen LogP contribution in [-0.4, -0.2) is 5.78 Å². The summed E-state index contributed by atoms with van der Waals surface area (Å²) in [7, 11) is 0. The standard InChI is InChI=1S/C21H26O/c1-21(2,3)19-13-9-18(10-14-19)12-16-20(22)15-11-17-7-5-4-6-8-17/h4-10,13-14H,11-12,15-16H2,1-3H3. The number of hydrogen-bond donors (Lipinski definition) is 0. The predicted octanol–water partition coefficient (Wildman–Crippen LogP) is 5.12. The van der Waals surface area contributed by atoms with Crippen molar-refractivity contribution in [1.29, 1.82) is 0 Å². The van der Waals surface area contributed by atoms with Crippen molar-refractivity contribution in [2.75, 3.05) is 0 Å². The fraction of sp³-hybridized carbons (Fsp3) is 0.381. The number of rotatable bonds is 6. The van der Waals surface area contributed by atoms with Gasteiger partial charge in [-0.2, -0.15) is 0 Å². The molecule has 0 amide bonds. The first-order chi connectivity index (χ1) is 10.4. The summed E-state index contributed by atoms with van der Waals surface area (Å²) in [6.07, 6.45) is 2.98. The monoisotopic (exact) mass is 294 g/mol. The van der Waals surface area contributed by atoms with Crippen molar-refractivity contribution >= 4 is 5.78 Å². The quantitative estimate of drug-likeness (QED) is 0.722. The molecule has 0 radical (unpaired) electrons. The highest BCUT2D eigenvalue weighted by atomic mass is 16.1. The lowest BCUT2D eigenvalue weighted by molar-refractivity contribution is -0.119.